The lowest BCUT2D eigenvalue weighted by molar-refractivity contribution is -0.0436. The van der Waals surface area contributed by atoms with E-state index in [0.717, 1.165) is 50.9 Å². The number of hydrogen-bond donors (Lipinski definition) is 1. The molecule has 2 aromatic carbocycles. The Bertz CT molecular complexity index is 1540. The molecule has 0 saturated heterocycles. The summed E-state index contributed by atoms with van der Waals surface area (Å²) in [4.78, 5) is 16.5. The monoisotopic (exact) mass is 477 g/mol. The van der Waals surface area contributed by atoms with Gasteiger partial charge in [0.2, 0.25) is 5.88 Å². The first-order chi connectivity index (χ1) is 15.4. The van der Waals surface area contributed by atoms with Crippen LogP contribution in [0.25, 0.3) is 16.6 Å². The highest BCUT2D eigenvalue weighted by Gasteiger charge is 2.46. The van der Waals surface area contributed by atoms with Crippen molar-refractivity contribution in [3.8, 4) is 11.6 Å². The maximum atomic E-state index is 13.1. The third kappa shape index (κ3) is 3.78. The molecule has 0 spiro atoms. The maximum Gasteiger partial charge on any atom is 0.501 e. The Morgan fingerprint density at radius 1 is 1.03 bits per heavy atom. The van der Waals surface area contributed by atoms with Gasteiger partial charge in [-0.3, -0.25) is 9.55 Å². The molecule has 172 valence electrons. The third-order valence-corrected chi connectivity index (χ3v) is 6.89. The number of alkyl halides is 3. The molecule has 1 N–H and O–H groups in total. The van der Waals surface area contributed by atoms with Crippen LogP contribution in [-0.4, -0.2) is 33.2 Å². The number of sulfone groups is 1. The Morgan fingerprint density at radius 3 is 2.33 bits per heavy atom. The molecule has 11 heteroatoms. The molecule has 2 heterocycles. The van der Waals surface area contributed by atoms with Crippen molar-refractivity contribution >= 4 is 20.7 Å². The van der Waals surface area contributed by atoms with Crippen LogP contribution in [0.15, 0.2) is 64.4 Å². The van der Waals surface area contributed by atoms with Crippen molar-refractivity contribution in [3.05, 3.63) is 82.0 Å². The number of pyridine rings is 1. The van der Waals surface area contributed by atoms with Crippen molar-refractivity contribution in [2.45, 2.75) is 30.8 Å². The Labute approximate surface area is 186 Å². The lowest BCUT2D eigenvalue weighted by Crippen LogP contribution is -2.25. The lowest BCUT2D eigenvalue weighted by atomic mass is 10.1. The number of halogens is 3. The van der Waals surface area contributed by atoms with Gasteiger partial charge in [0.1, 0.15) is 0 Å². The Hall–Kier alpha value is -3.60. The molecule has 0 fully saturated rings. The highest BCUT2D eigenvalue weighted by Crippen LogP contribution is 2.31. The molecule has 0 saturated carbocycles. The fourth-order valence-electron chi connectivity index (χ4n) is 3.59. The van der Waals surface area contributed by atoms with Gasteiger partial charge in [-0.1, -0.05) is 11.6 Å². The highest BCUT2D eigenvalue weighted by molar-refractivity contribution is 7.92. The van der Waals surface area contributed by atoms with Gasteiger partial charge in [0.25, 0.3) is 9.84 Å². The van der Waals surface area contributed by atoms with Gasteiger partial charge in [0.05, 0.1) is 28.3 Å². The van der Waals surface area contributed by atoms with Gasteiger partial charge >= 0.3 is 11.2 Å². The van der Waals surface area contributed by atoms with Crippen molar-refractivity contribution in [1.82, 2.24) is 14.1 Å². The van der Waals surface area contributed by atoms with E-state index < -0.39 is 31.8 Å². The SMILES string of the molecule is Cc1ccc2nccc(Cn3c(C)c(O)n(-c4ccc(S(=O)(=O)C(F)(F)F)cc4)c3=O)c2c1. The number of aromatic nitrogens is 3. The summed E-state index contributed by atoms with van der Waals surface area (Å²) >= 11 is 0. The number of hydrogen-bond acceptors (Lipinski definition) is 5. The first-order valence-electron chi connectivity index (χ1n) is 9.69. The quantitative estimate of drug-likeness (QED) is 0.482. The van der Waals surface area contributed by atoms with Crippen LogP contribution in [-0.2, 0) is 16.4 Å². The standard InChI is InChI=1S/C22H18F3N3O4S/c1-13-3-8-19-18(11-13)15(9-10-26-19)12-27-14(2)20(29)28(21(27)30)16-4-6-17(7-5-16)33(31,32)22(23,24)25/h3-11,29H,12H2,1-2H3. The molecule has 0 atom stereocenters. The maximum absolute atomic E-state index is 13.1. The van der Waals surface area contributed by atoms with Crippen LogP contribution in [0.4, 0.5) is 13.2 Å². The summed E-state index contributed by atoms with van der Waals surface area (Å²) in [5.41, 5.74) is -3.27. The number of fused-ring (bicyclic) bond motifs is 1. The minimum absolute atomic E-state index is 0.0240. The first kappa shape index (κ1) is 22.6. The third-order valence-electron chi connectivity index (χ3n) is 5.39. The number of aromatic hydroxyl groups is 1. The zero-order chi connectivity index (χ0) is 24.1. The molecule has 7 nitrogen and oxygen atoms in total. The van der Waals surface area contributed by atoms with E-state index in [9.17, 15) is 31.5 Å². The Morgan fingerprint density at radius 2 is 1.70 bits per heavy atom. The van der Waals surface area contributed by atoms with E-state index in [0.29, 0.717) is 0 Å². The highest BCUT2D eigenvalue weighted by atomic mass is 32.2. The minimum Gasteiger partial charge on any atom is -0.493 e. The van der Waals surface area contributed by atoms with Crippen LogP contribution in [0.2, 0.25) is 0 Å². The molecular formula is C22H18F3N3O4S. The van der Waals surface area contributed by atoms with E-state index >= 15 is 0 Å². The van der Waals surface area contributed by atoms with Gasteiger partial charge in [0, 0.05) is 11.6 Å². The van der Waals surface area contributed by atoms with Gasteiger partial charge in [-0.15, -0.1) is 0 Å². The number of aryl methyl sites for hydroxylation is 1. The van der Waals surface area contributed by atoms with Crippen molar-refractivity contribution in [3.63, 3.8) is 0 Å². The van der Waals surface area contributed by atoms with E-state index in [4.69, 9.17) is 0 Å². The lowest BCUT2D eigenvalue weighted by Gasteiger charge is -2.09. The van der Waals surface area contributed by atoms with E-state index in [1.807, 2.05) is 25.1 Å². The van der Waals surface area contributed by atoms with Crippen LogP contribution in [0.5, 0.6) is 5.88 Å². The molecule has 0 bridgehead atoms. The topological polar surface area (TPSA) is 94.2 Å². The molecule has 2 aromatic heterocycles. The van der Waals surface area contributed by atoms with Crippen LogP contribution < -0.4 is 5.69 Å². The number of rotatable bonds is 4. The zero-order valence-electron chi connectivity index (χ0n) is 17.5. The van der Waals surface area contributed by atoms with Gasteiger partial charge in [0.15, 0.2) is 0 Å². The van der Waals surface area contributed by atoms with E-state index in [1.54, 1.807) is 12.3 Å². The summed E-state index contributed by atoms with van der Waals surface area (Å²) in [7, 11) is -5.52. The van der Waals surface area contributed by atoms with E-state index in [2.05, 4.69) is 4.98 Å². The number of benzene rings is 2. The molecule has 0 aliphatic heterocycles. The fraction of sp³-hybridized carbons (Fsp3) is 0.182. The normalized spacial score (nSPS) is 12.4. The molecule has 0 aliphatic carbocycles. The summed E-state index contributed by atoms with van der Waals surface area (Å²) < 4.78 is 63.7. The Kier molecular flexibility index (Phi) is 5.32. The predicted octanol–water partition coefficient (Wildman–Crippen LogP) is 3.85. The van der Waals surface area contributed by atoms with E-state index in [-0.39, 0.29) is 17.9 Å². The zero-order valence-corrected chi connectivity index (χ0v) is 18.3. The van der Waals surface area contributed by atoms with Crippen LogP contribution in [0, 0.1) is 13.8 Å². The van der Waals surface area contributed by atoms with Gasteiger partial charge < -0.3 is 5.11 Å². The Balaban J connectivity index is 1.78. The summed E-state index contributed by atoms with van der Waals surface area (Å²) in [5.74, 6) is -0.402. The fourth-order valence-corrected chi connectivity index (χ4v) is 4.35. The summed E-state index contributed by atoms with van der Waals surface area (Å²) in [5, 5.41) is 11.4. The minimum atomic E-state index is -5.52. The smallest absolute Gasteiger partial charge is 0.493 e. The molecule has 0 unspecified atom stereocenters. The molecule has 33 heavy (non-hydrogen) atoms. The van der Waals surface area contributed by atoms with Crippen molar-refractivity contribution in [1.29, 1.82) is 0 Å². The van der Waals surface area contributed by atoms with Crippen molar-refractivity contribution < 1.29 is 26.7 Å². The second kappa shape index (κ2) is 7.77. The molecular weight excluding hydrogens is 459 g/mol. The summed E-state index contributed by atoms with van der Waals surface area (Å²) in [6.45, 7) is 3.58. The molecule has 0 amide bonds. The number of nitrogens with zero attached hydrogens (tertiary/aromatic N) is 3. The van der Waals surface area contributed by atoms with Crippen molar-refractivity contribution in [2.75, 3.05) is 0 Å². The average molecular weight is 477 g/mol. The van der Waals surface area contributed by atoms with Gasteiger partial charge in [-0.25, -0.2) is 17.8 Å². The van der Waals surface area contributed by atoms with E-state index in [1.165, 1.54) is 11.5 Å². The molecule has 0 radical (unpaired) electrons. The van der Waals surface area contributed by atoms with Crippen LogP contribution in [0.1, 0.15) is 16.8 Å². The summed E-state index contributed by atoms with van der Waals surface area (Å²) in [6.07, 6.45) is 1.62. The van der Waals surface area contributed by atoms with Crippen LogP contribution >= 0.6 is 0 Å². The van der Waals surface area contributed by atoms with Crippen molar-refractivity contribution in [2.24, 2.45) is 0 Å². The molecule has 4 aromatic rings. The van der Waals surface area contributed by atoms with Gasteiger partial charge in [-0.05, 0) is 61.9 Å². The van der Waals surface area contributed by atoms with Gasteiger partial charge in [-0.2, -0.15) is 13.2 Å². The predicted molar refractivity (Wildman–Crippen MR) is 115 cm³/mol. The first-order valence-corrected chi connectivity index (χ1v) is 11.2. The summed E-state index contributed by atoms with van der Waals surface area (Å²) in [6, 6.07) is 11.0. The largest absolute Gasteiger partial charge is 0.501 e. The molecule has 0 aliphatic rings. The van der Waals surface area contributed by atoms with Crippen LogP contribution in [0.3, 0.4) is 0 Å². The second-order valence-corrected chi connectivity index (χ2v) is 9.49. The molecule has 4 rings (SSSR count). The average Bonchev–Trinajstić information content (AvgIpc) is 2.96. The second-order valence-electron chi connectivity index (χ2n) is 7.55. The number of imidazole rings is 1.